The quantitative estimate of drug-likeness (QED) is 0.799. The van der Waals surface area contributed by atoms with E-state index in [1.807, 2.05) is 13.8 Å². The molecule has 6 heteroatoms. The van der Waals surface area contributed by atoms with Crippen molar-refractivity contribution in [1.82, 2.24) is 14.6 Å². The molecule has 2 heterocycles. The summed E-state index contributed by atoms with van der Waals surface area (Å²) in [5.74, 6) is 0.258. The predicted octanol–water partition coefficient (Wildman–Crippen LogP) is 2.04. The second kappa shape index (κ2) is 3.43. The molecule has 2 aromatic heterocycles. The van der Waals surface area contributed by atoms with Gasteiger partial charge in [-0.1, -0.05) is 25.2 Å². The van der Waals surface area contributed by atoms with Crippen LogP contribution in [0.5, 0.6) is 0 Å². The summed E-state index contributed by atoms with van der Waals surface area (Å²) in [6.07, 6.45) is 0. The van der Waals surface area contributed by atoms with Crippen LogP contribution in [0.3, 0.4) is 0 Å². The van der Waals surface area contributed by atoms with E-state index in [0.717, 1.165) is 5.69 Å². The van der Waals surface area contributed by atoms with Gasteiger partial charge in [-0.3, -0.25) is 4.79 Å². The Morgan fingerprint density at radius 2 is 2.29 bits per heavy atom. The van der Waals surface area contributed by atoms with Crippen LogP contribution in [0.25, 0.3) is 4.96 Å². The van der Waals surface area contributed by atoms with Crippen molar-refractivity contribution in [1.29, 1.82) is 0 Å². The van der Waals surface area contributed by atoms with E-state index in [2.05, 4.69) is 26.0 Å². The van der Waals surface area contributed by atoms with Crippen LogP contribution in [0.4, 0.5) is 0 Å². The van der Waals surface area contributed by atoms with Gasteiger partial charge in [-0.25, -0.2) is 4.98 Å². The number of fused-ring (bicyclic) bond motifs is 1. The third-order valence-electron chi connectivity index (χ3n) is 1.83. The Bertz CT molecular complexity index is 531. The van der Waals surface area contributed by atoms with Gasteiger partial charge in [0.15, 0.2) is 3.92 Å². The summed E-state index contributed by atoms with van der Waals surface area (Å²) in [4.78, 5) is 16.5. The molecule has 0 unspecified atom stereocenters. The highest BCUT2D eigenvalue weighted by Gasteiger charge is 2.08. The average Bonchev–Trinajstić information content (AvgIpc) is 2.45. The Morgan fingerprint density at radius 3 is 2.93 bits per heavy atom. The van der Waals surface area contributed by atoms with E-state index in [0.29, 0.717) is 8.88 Å². The topological polar surface area (TPSA) is 47.3 Å². The molecule has 2 aromatic rings. The Hall–Kier alpha value is -0.750. The van der Waals surface area contributed by atoms with Crippen LogP contribution in [0.15, 0.2) is 14.8 Å². The zero-order valence-corrected chi connectivity index (χ0v) is 10.1. The van der Waals surface area contributed by atoms with E-state index in [1.54, 1.807) is 0 Å². The summed E-state index contributed by atoms with van der Waals surface area (Å²) in [5, 5.41) is 3.99. The first-order valence-electron chi connectivity index (χ1n) is 4.14. The van der Waals surface area contributed by atoms with Crippen LogP contribution in [-0.2, 0) is 0 Å². The van der Waals surface area contributed by atoms with Crippen LogP contribution in [0, 0.1) is 0 Å². The lowest BCUT2D eigenvalue weighted by molar-refractivity contribution is 0.796. The number of halogens is 1. The number of nitrogens with zero attached hydrogens (tertiary/aromatic N) is 3. The van der Waals surface area contributed by atoms with E-state index < -0.39 is 0 Å². The van der Waals surface area contributed by atoms with Gasteiger partial charge in [-0.2, -0.15) is 4.52 Å². The fourth-order valence-electron chi connectivity index (χ4n) is 1.10. The van der Waals surface area contributed by atoms with Crippen LogP contribution in [-0.4, -0.2) is 14.6 Å². The molecule has 0 saturated carbocycles. The minimum absolute atomic E-state index is 0.124. The maximum absolute atomic E-state index is 11.6. The molecule has 0 aliphatic rings. The summed E-state index contributed by atoms with van der Waals surface area (Å²) in [6.45, 7) is 4.02. The van der Waals surface area contributed by atoms with Crippen molar-refractivity contribution in [2.24, 2.45) is 0 Å². The summed E-state index contributed by atoms with van der Waals surface area (Å²) < 4.78 is 1.98. The molecule has 0 radical (unpaired) electrons. The van der Waals surface area contributed by atoms with E-state index in [1.165, 1.54) is 21.9 Å². The largest absolute Gasteiger partial charge is 0.275 e. The predicted molar refractivity (Wildman–Crippen MR) is 58.9 cm³/mol. The minimum atomic E-state index is -0.124. The Labute approximate surface area is 92.7 Å². The molecule has 0 spiro atoms. The molecule has 74 valence electrons. The van der Waals surface area contributed by atoms with Crippen molar-refractivity contribution in [2.45, 2.75) is 19.8 Å². The fourth-order valence-corrected chi connectivity index (χ4v) is 2.33. The Morgan fingerprint density at radius 1 is 1.57 bits per heavy atom. The van der Waals surface area contributed by atoms with Crippen molar-refractivity contribution in [3.05, 3.63) is 26.0 Å². The summed E-state index contributed by atoms with van der Waals surface area (Å²) in [7, 11) is 0. The van der Waals surface area contributed by atoms with Gasteiger partial charge in [0, 0.05) is 6.07 Å². The highest BCUT2D eigenvalue weighted by atomic mass is 79.9. The lowest BCUT2D eigenvalue weighted by atomic mass is 10.1. The molecule has 0 amide bonds. The molecule has 0 saturated heterocycles. The molecule has 0 atom stereocenters. The molecule has 0 N–H and O–H groups in total. The molecule has 0 bridgehead atoms. The van der Waals surface area contributed by atoms with Crippen LogP contribution in [0.1, 0.15) is 25.5 Å². The lowest BCUT2D eigenvalue weighted by Crippen LogP contribution is -2.15. The fraction of sp³-hybridized carbons (Fsp3) is 0.375. The zero-order chi connectivity index (χ0) is 10.3. The van der Waals surface area contributed by atoms with Gasteiger partial charge < -0.3 is 0 Å². The zero-order valence-electron chi connectivity index (χ0n) is 7.69. The van der Waals surface area contributed by atoms with Gasteiger partial charge in [0.2, 0.25) is 4.96 Å². The maximum atomic E-state index is 11.6. The second-order valence-electron chi connectivity index (χ2n) is 3.22. The summed E-state index contributed by atoms with van der Waals surface area (Å²) in [5.41, 5.74) is 0.687. The molecule has 2 rings (SSSR count). The van der Waals surface area contributed by atoms with E-state index in [-0.39, 0.29) is 11.5 Å². The van der Waals surface area contributed by atoms with Crippen molar-refractivity contribution in [2.75, 3.05) is 0 Å². The molecule has 14 heavy (non-hydrogen) atoms. The maximum Gasteiger partial charge on any atom is 0.275 e. The number of rotatable bonds is 1. The minimum Gasteiger partial charge on any atom is -0.267 e. The van der Waals surface area contributed by atoms with Gasteiger partial charge in [-0.15, -0.1) is 5.10 Å². The molecular formula is C8H8BrN3OS. The van der Waals surface area contributed by atoms with Crippen molar-refractivity contribution >= 4 is 32.2 Å². The van der Waals surface area contributed by atoms with E-state index >= 15 is 0 Å². The Kier molecular flexibility index (Phi) is 2.40. The van der Waals surface area contributed by atoms with Gasteiger partial charge in [0.05, 0.1) is 5.69 Å². The molecule has 4 nitrogen and oxygen atoms in total. The third-order valence-corrected chi connectivity index (χ3v) is 3.17. The average molecular weight is 274 g/mol. The highest BCUT2D eigenvalue weighted by molar-refractivity contribution is 9.11. The molecule has 0 fully saturated rings. The summed E-state index contributed by atoms with van der Waals surface area (Å²) in [6, 6.07) is 1.53. The van der Waals surface area contributed by atoms with Gasteiger partial charge in [0.25, 0.3) is 5.56 Å². The number of aromatic nitrogens is 3. The molecule has 0 aliphatic heterocycles. The normalized spacial score (nSPS) is 11.4. The van der Waals surface area contributed by atoms with Crippen molar-refractivity contribution < 1.29 is 0 Å². The van der Waals surface area contributed by atoms with E-state index in [4.69, 9.17) is 0 Å². The van der Waals surface area contributed by atoms with Gasteiger partial charge in [-0.05, 0) is 21.8 Å². The number of hydrogen-bond acceptors (Lipinski definition) is 4. The highest BCUT2D eigenvalue weighted by Crippen LogP contribution is 2.18. The van der Waals surface area contributed by atoms with Crippen LogP contribution >= 0.6 is 27.3 Å². The van der Waals surface area contributed by atoms with E-state index in [9.17, 15) is 4.79 Å². The molecular weight excluding hydrogens is 266 g/mol. The Balaban J connectivity index is 2.78. The smallest absolute Gasteiger partial charge is 0.267 e. The first-order chi connectivity index (χ1) is 6.58. The first-order valence-corrected chi connectivity index (χ1v) is 5.75. The SMILES string of the molecule is CC(C)c1cc(=O)n2nc(Br)sc2n1. The monoisotopic (exact) mass is 273 g/mol. The first kappa shape index (κ1) is 9.79. The van der Waals surface area contributed by atoms with Gasteiger partial charge >= 0.3 is 0 Å². The standard InChI is InChI=1S/C8H8BrN3OS/c1-4(2)5-3-6(13)12-8(10-5)14-7(9)11-12/h3-4H,1-2H3. The van der Waals surface area contributed by atoms with Crippen LogP contribution < -0.4 is 5.56 Å². The number of hydrogen-bond donors (Lipinski definition) is 0. The van der Waals surface area contributed by atoms with Crippen molar-refractivity contribution in [3.63, 3.8) is 0 Å². The van der Waals surface area contributed by atoms with Gasteiger partial charge in [0.1, 0.15) is 0 Å². The molecule has 0 aliphatic carbocycles. The summed E-state index contributed by atoms with van der Waals surface area (Å²) >= 11 is 4.58. The second-order valence-corrected chi connectivity index (χ2v) is 5.46. The van der Waals surface area contributed by atoms with Crippen molar-refractivity contribution in [3.8, 4) is 0 Å². The third kappa shape index (κ3) is 1.59. The molecule has 0 aromatic carbocycles. The lowest BCUT2D eigenvalue weighted by Gasteiger charge is -2.01. The van der Waals surface area contributed by atoms with Crippen LogP contribution in [0.2, 0.25) is 0 Å².